The van der Waals surface area contributed by atoms with E-state index in [1.54, 1.807) is 29.8 Å². The summed E-state index contributed by atoms with van der Waals surface area (Å²) >= 11 is 4.92. The Kier molecular flexibility index (Phi) is 2.97. The number of pyridine rings is 1. The quantitative estimate of drug-likeness (QED) is 0.660. The fraction of sp³-hybridized carbons (Fsp3) is 0. The van der Waals surface area contributed by atoms with Gasteiger partial charge in [0.25, 0.3) is 0 Å². The van der Waals surface area contributed by atoms with Gasteiger partial charge in [0.2, 0.25) is 0 Å². The number of benzene rings is 1. The Morgan fingerprint density at radius 2 is 2.11 bits per heavy atom. The predicted molar refractivity (Wildman–Crippen MR) is 77.2 cm³/mol. The number of nitrogens with zero attached hydrogens (tertiary/aromatic N) is 1. The molecule has 2 heterocycles. The number of thiophene rings is 1. The van der Waals surface area contributed by atoms with E-state index in [4.69, 9.17) is 0 Å². The molecule has 3 rings (SSSR count). The lowest BCUT2D eigenvalue weighted by molar-refractivity contribution is 0.104. The van der Waals surface area contributed by atoms with Crippen molar-refractivity contribution in [3.63, 3.8) is 0 Å². The number of carbonyl (C=O) groups is 1. The van der Waals surface area contributed by atoms with Crippen LogP contribution in [0.2, 0.25) is 0 Å². The van der Waals surface area contributed by atoms with Crippen molar-refractivity contribution in [1.29, 1.82) is 0 Å². The first-order valence-electron chi connectivity index (χ1n) is 5.37. The third-order valence-electron chi connectivity index (χ3n) is 2.69. The second kappa shape index (κ2) is 4.63. The number of aromatic nitrogens is 1. The molecule has 0 aliphatic heterocycles. The van der Waals surface area contributed by atoms with Gasteiger partial charge >= 0.3 is 0 Å². The number of carbonyl (C=O) groups excluding carboxylic acids is 1. The van der Waals surface area contributed by atoms with Crippen LogP contribution in [-0.2, 0) is 0 Å². The summed E-state index contributed by atoms with van der Waals surface area (Å²) in [6.45, 7) is 0. The largest absolute Gasteiger partial charge is 0.288 e. The molecule has 0 fully saturated rings. The monoisotopic (exact) mass is 317 g/mol. The second-order valence-corrected chi connectivity index (χ2v) is 5.70. The zero-order chi connectivity index (χ0) is 12.5. The van der Waals surface area contributed by atoms with Crippen LogP contribution in [0.5, 0.6) is 0 Å². The Bertz CT molecular complexity index is 735. The lowest BCUT2D eigenvalue weighted by atomic mass is 10.0. The Morgan fingerprint density at radius 3 is 2.94 bits per heavy atom. The highest BCUT2D eigenvalue weighted by Crippen LogP contribution is 2.26. The van der Waals surface area contributed by atoms with Gasteiger partial charge in [-0.25, -0.2) is 0 Å². The Labute approximate surface area is 116 Å². The van der Waals surface area contributed by atoms with E-state index in [-0.39, 0.29) is 5.78 Å². The second-order valence-electron chi connectivity index (χ2n) is 3.87. The van der Waals surface area contributed by atoms with Crippen molar-refractivity contribution in [2.75, 3.05) is 0 Å². The van der Waals surface area contributed by atoms with Crippen molar-refractivity contribution >= 4 is 43.1 Å². The van der Waals surface area contributed by atoms with Crippen molar-refractivity contribution in [2.24, 2.45) is 0 Å². The van der Waals surface area contributed by atoms with Crippen molar-refractivity contribution in [1.82, 2.24) is 4.98 Å². The van der Waals surface area contributed by atoms with Crippen molar-refractivity contribution in [3.8, 4) is 0 Å². The number of hydrogen-bond donors (Lipinski definition) is 0. The fourth-order valence-electron chi connectivity index (χ4n) is 1.86. The highest BCUT2D eigenvalue weighted by Gasteiger charge is 2.13. The normalized spacial score (nSPS) is 10.7. The number of rotatable bonds is 2. The van der Waals surface area contributed by atoms with E-state index < -0.39 is 0 Å². The molecule has 18 heavy (non-hydrogen) atoms. The van der Waals surface area contributed by atoms with Gasteiger partial charge in [0.1, 0.15) is 0 Å². The molecule has 0 N–H and O–H groups in total. The van der Waals surface area contributed by atoms with Crippen LogP contribution in [0.25, 0.3) is 10.1 Å². The highest BCUT2D eigenvalue weighted by molar-refractivity contribution is 9.10. The Morgan fingerprint density at radius 1 is 1.22 bits per heavy atom. The SMILES string of the molecule is O=C(c1cncc(Br)c1)c1cccc2ccsc12. The molecule has 3 aromatic rings. The molecule has 1 aromatic carbocycles. The van der Waals surface area contributed by atoms with Crippen LogP contribution in [0.3, 0.4) is 0 Å². The molecule has 0 aliphatic carbocycles. The minimum absolute atomic E-state index is 0.0110. The van der Waals surface area contributed by atoms with Crippen LogP contribution in [-0.4, -0.2) is 10.8 Å². The molecular weight excluding hydrogens is 310 g/mol. The van der Waals surface area contributed by atoms with Crippen LogP contribution in [0.15, 0.2) is 52.6 Å². The van der Waals surface area contributed by atoms with Crippen LogP contribution in [0, 0.1) is 0 Å². The van der Waals surface area contributed by atoms with Gasteiger partial charge in [0, 0.05) is 32.7 Å². The number of halogens is 1. The van der Waals surface area contributed by atoms with Crippen molar-refractivity contribution < 1.29 is 4.79 Å². The van der Waals surface area contributed by atoms with Gasteiger partial charge in [-0.05, 0) is 44.9 Å². The maximum atomic E-state index is 12.5. The van der Waals surface area contributed by atoms with Gasteiger partial charge in [0.15, 0.2) is 5.78 Å². The van der Waals surface area contributed by atoms with E-state index in [1.165, 1.54) is 0 Å². The average molecular weight is 318 g/mol. The molecule has 2 nitrogen and oxygen atoms in total. The first-order valence-corrected chi connectivity index (χ1v) is 7.04. The molecule has 0 saturated carbocycles. The number of ketones is 1. The maximum Gasteiger partial charge on any atom is 0.196 e. The number of hydrogen-bond acceptors (Lipinski definition) is 3. The summed E-state index contributed by atoms with van der Waals surface area (Å²) < 4.78 is 1.84. The van der Waals surface area contributed by atoms with Gasteiger partial charge < -0.3 is 0 Å². The zero-order valence-electron chi connectivity index (χ0n) is 9.26. The molecule has 0 atom stereocenters. The highest BCUT2D eigenvalue weighted by atomic mass is 79.9. The van der Waals surface area contributed by atoms with E-state index in [2.05, 4.69) is 20.9 Å². The van der Waals surface area contributed by atoms with Gasteiger partial charge in [-0.15, -0.1) is 11.3 Å². The molecule has 4 heteroatoms. The molecule has 0 aliphatic rings. The lowest BCUT2D eigenvalue weighted by Crippen LogP contribution is -2.01. The third kappa shape index (κ3) is 1.98. The first-order chi connectivity index (χ1) is 8.75. The van der Waals surface area contributed by atoms with Crippen LogP contribution in [0.1, 0.15) is 15.9 Å². The molecule has 0 saturated heterocycles. The van der Waals surface area contributed by atoms with Crippen LogP contribution >= 0.6 is 27.3 Å². The molecule has 0 bridgehead atoms. The number of fused-ring (bicyclic) bond motifs is 1. The fourth-order valence-corrected chi connectivity index (χ4v) is 3.14. The zero-order valence-corrected chi connectivity index (χ0v) is 11.7. The van der Waals surface area contributed by atoms with Gasteiger partial charge in [-0.3, -0.25) is 9.78 Å². The van der Waals surface area contributed by atoms with E-state index in [9.17, 15) is 4.79 Å². The van der Waals surface area contributed by atoms with Crippen LogP contribution in [0.4, 0.5) is 0 Å². The van der Waals surface area contributed by atoms with E-state index in [0.29, 0.717) is 5.56 Å². The van der Waals surface area contributed by atoms with Gasteiger partial charge in [-0.2, -0.15) is 0 Å². The Balaban J connectivity index is 2.15. The summed E-state index contributed by atoms with van der Waals surface area (Å²) in [7, 11) is 0. The molecular formula is C14H8BrNOS. The molecule has 0 radical (unpaired) electrons. The van der Waals surface area contributed by atoms with Gasteiger partial charge in [-0.1, -0.05) is 12.1 Å². The Hall–Kier alpha value is -1.52. The first kappa shape index (κ1) is 11.6. The van der Waals surface area contributed by atoms with E-state index in [1.807, 2.05) is 29.6 Å². The lowest BCUT2D eigenvalue weighted by Gasteiger charge is -2.02. The van der Waals surface area contributed by atoms with Gasteiger partial charge in [0.05, 0.1) is 0 Å². The summed E-state index contributed by atoms with van der Waals surface area (Å²) in [6, 6.07) is 9.61. The summed E-state index contributed by atoms with van der Waals surface area (Å²) in [4.78, 5) is 16.5. The molecule has 0 unspecified atom stereocenters. The summed E-state index contributed by atoms with van der Waals surface area (Å²) in [5.41, 5.74) is 1.34. The van der Waals surface area contributed by atoms with Crippen molar-refractivity contribution in [2.45, 2.75) is 0 Å². The molecule has 88 valence electrons. The van der Waals surface area contributed by atoms with Crippen LogP contribution < -0.4 is 0 Å². The smallest absolute Gasteiger partial charge is 0.196 e. The van der Waals surface area contributed by atoms with Crippen molar-refractivity contribution in [3.05, 3.63) is 63.7 Å². The minimum atomic E-state index is 0.0110. The van der Waals surface area contributed by atoms with E-state index in [0.717, 1.165) is 20.1 Å². The maximum absolute atomic E-state index is 12.5. The summed E-state index contributed by atoms with van der Waals surface area (Å²) in [5, 5.41) is 3.11. The molecule has 0 spiro atoms. The molecule has 2 aromatic heterocycles. The predicted octanol–water partition coefficient (Wildman–Crippen LogP) is 4.29. The molecule has 0 amide bonds. The summed E-state index contributed by atoms with van der Waals surface area (Å²) in [6.07, 6.45) is 3.27. The third-order valence-corrected chi connectivity index (χ3v) is 4.09. The standard InChI is InChI=1S/C14H8BrNOS/c15-11-6-10(7-16-8-11)13(17)12-3-1-2-9-4-5-18-14(9)12/h1-8H. The topological polar surface area (TPSA) is 30.0 Å². The minimum Gasteiger partial charge on any atom is -0.288 e. The average Bonchev–Trinajstić information content (AvgIpc) is 2.86. The van der Waals surface area contributed by atoms with E-state index >= 15 is 0 Å². The summed E-state index contributed by atoms with van der Waals surface area (Å²) in [5.74, 6) is 0.0110.